The van der Waals surface area contributed by atoms with Crippen LogP contribution in [-0.4, -0.2) is 47.5 Å². The normalized spacial score (nSPS) is 28.4. The minimum atomic E-state index is -1.10. The van der Waals surface area contributed by atoms with E-state index < -0.39 is 11.5 Å². The van der Waals surface area contributed by atoms with E-state index >= 15 is 0 Å². The second kappa shape index (κ2) is 9.57. The van der Waals surface area contributed by atoms with Gasteiger partial charge in [-0.25, -0.2) is 9.37 Å². The van der Waals surface area contributed by atoms with Crippen LogP contribution in [0.3, 0.4) is 0 Å². The maximum absolute atomic E-state index is 14.2. The summed E-state index contributed by atoms with van der Waals surface area (Å²) < 4.78 is 39.5. The van der Waals surface area contributed by atoms with Crippen molar-refractivity contribution in [1.29, 1.82) is 0 Å². The van der Waals surface area contributed by atoms with Crippen molar-refractivity contribution in [2.24, 2.45) is 5.92 Å². The minimum absolute atomic E-state index is 0.0796. The van der Waals surface area contributed by atoms with E-state index in [1.165, 1.54) is 0 Å². The average molecular weight is 447 g/mol. The molecule has 2 atom stereocenters. The number of anilines is 3. The van der Waals surface area contributed by atoms with Crippen LogP contribution in [-0.2, 0) is 4.74 Å². The fourth-order valence-electron chi connectivity index (χ4n) is 4.43. The standard InChI is InChI=1S/C24H32F2N4O2/c1-16-13-30(14-17(2)32-16)20-6-4-19(5-7-20)28-23-27-12-21(25)22(29-23)31-15-18-8-10-24(3,26)11-9-18/h4-7,12,16-18H,8-11,13-15H2,1-3H3,(H,27,28,29)/t16-,17+,18?,24?. The van der Waals surface area contributed by atoms with E-state index in [9.17, 15) is 8.78 Å². The van der Waals surface area contributed by atoms with E-state index in [-0.39, 0.29) is 30.0 Å². The molecule has 0 unspecified atom stereocenters. The molecule has 2 aliphatic rings. The predicted octanol–water partition coefficient (Wildman–Crippen LogP) is 5.27. The molecule has 1 aliphatic carbocycles. The van der Waals surface area contributed by atoms with Crippen molar-refractivity contribution >= 4 is 17.3 Å². The Kier molecular flexibility index (Phi) is 6.79. The molecular formula is C24H32F2N4O2. The summed E-state index contributed by atoms with van der Waals surface area (Å²) in [5, 5.41) is 3.11. The van der Waals surface area contributed by atoms with Gasteiger partial charge in [0.1, 0.15) is 5.67 Å². The molecule has 0 amide bonds. The molecule has 0 spiro atoms. The summed E-state index contributed by atoms with van der Waals surface area (Å²) in [5.74, 6) is -0.206. The molecule has 1 aliphatic heterocycles. The van der Waals surface area contributed by atoms with Crippen LogP contribution in [0.25, 0.3) is 0 Å². The molecule has 1 aromatic carbocycles. The fraction of sp³-hybridized carbons (Fsp3) is 0.583. The molecule has 1 saturated heterocycles. The molecule has 6 nitrogen and oxygen atoms in total. The number of halogens is 2. The van der Waals surface area contributed by atoms with Crippen LogP contribution >= 0.6 is 0 Å². The van der Waals surface area contributed by atoms with Crippen molar-refractivity contribution in [3.8, 4) is 5.88 Å². The Morgan fingerprint density at radius 2 is 1.81 bits per heavy atom. The molecule has 32 heavy (non-hydrogen) atoms. The second-order valence-corrected chi connectivity index (χ2v) is 9.35. The van der Waals surface area contributed by atoms with Gasteiger partial charge in [-0.15, -0.1) is 0 Å². The highest BCUT2D eigenvalue weighted by Gasteiger charge is 2.31. The number of aromatic nitrogens is 2. The van der Waals surface area contributed by atoms with Crippen molar-refractivity contribution < 1.29 is 18.3 Å². The number of benzene rings is 1. The zero-order chi connectivity index (χ0) is 22.7. The van der Waals surface area contributed by atoms with Gasteiger partial charge in [0.05, 0.1) is 25.0 Å². The van der Waals surface area contributed by atoms with Crippen LogP contribution in [0.15, 0.2) is 30.5 Å². The molecule has 2 fully saturated rings. The Hall–Kier alpha value is -2.48. The molecule has 1 N–H and O–H groups in total. The number of hydrogen-bond donors (Lipinski definition) is 1. The lowest BCUT2D eigenvalue weighted by Gasteiger charge is -2.36. The van der Waals surface area contributed by atoms with Gasteiger partial charge in [-0.2, -0.15) is 9.37 Å². The van der Waals surface area contributed by atoms with Crippen LogP contribution < -0.4 is 15.0 Å². The summed E-state index contributed by atoms with van der Waals surface area (Å²) in [6.07, 6.45) is 3.98. The van der Waals surface area contributed by atoms with E-state index in [0.29, 0.717) is 19.4 Å². The van der Waals surface area contributed by atoms with Crippen molar-refractivity contribution in [3.63, 3.8) is 0 Å². The van der Waals surface area contributed by atoms with Crippen molar-refractivity contribution in [2.45, 2.75) is 64.3 Å². The largest absolute Gasteiger partial charge is 0.475 e. The summed E-state index contributed by atoms with van der Waals surface area (Å²) in [4.78, 5) is 10.5. The highest BCUT2D eigenvalue weighted by atomic mass is 19.1. The first kappa shape index (κ1) is 22.7. The van der Waals surface area contributed by atoms with E-state index in [2.05, 4.69) is 34.0 Å². The summed E-state index contributed by atoms with van der Waals surface area (Å²) in [6, 6.07) is 7.97. The minimum Gasteiger partial charge on any atom is -0.475 e. The summed E-state index contributed by atoms with van der Waals surface area (Å²) in [7, 11) is 0. The first-order valence-corrected chi connectivity index (χ1v) is 11.4. The number of rotatable bonds is 6. The Bertz CT molecular complexity index is 889. The third-order valence-corrected chi connectivity index (χ3v) is 6.22. The van der Waals surface area contributed by atoms with E-state index in [1.807, 2.05) is 24.3 Å². The number of morpholine rings is 1. The van der Waals surface area contributed by atoms with E-state index in [4.69, 9.17) is 9.47 Å². The zero-order valence-electron chi connectivity index (χ0n) is 19.0. The molecular weight excluding hydrogens is 414 g/mol. The maximum atomic E-state index is 14.2. The predicted molar refractivity (Wildman–Crippen MR) is 121 cm³/mol. The van der Waals surface area contributed by atoms with Crippen LogP contribution in [0.5, 0.6) is 5.88 Å². The Morgan fingerprint density at radius 3 is 2.47 bits per heavy atom. The summed E-state index contributed by atoms with van der Waals surface area (Å²) >= 11 is 0. The molecule has 4 rings (SSSR count). The smallest absolute Gasteiger partial charge is 0.255 e. The molecule has 0 bridgehead atoms. The van der Waals surface area contributed by atoms with E-state index in [0.717, 1.165) is 43.5 Å². The van der Waals surface area contributed by atoms with Gasteiger partial charge in [-0.1, -0.05) is 0 Å². The number of hydrogen-bond acceptors (Lipinski definition) is 6. The third-order valence-electron chi connectivity index (χ3n) is 6.22. The molecule has 1 aromatic heterocycles. The van der Waals surface area contributed by atoms with Crippen LogP contribution in [0, 0.1) is 11.7 Å². The maximum Gasteiger partial charge on any atom is 0.255 e. The number of nitrogens with one attached hydrogen (secondary N) is 1. The molecule has 2 aromatic rings. The van der Waals surface area contributed by atoms with E-state index in [1.54, 1.807) is 6.92 Å². The van der Waals surface area contributed by atoms with Gasteiger partial charge in [-0.3, -0.25) is 0 Å². The Balaban J connectivity index is 1.35. The summed E-state index contributed by atoms with van der Waals surface area (Å²) in [5.41, 5.74) is 0.829. The highest BCUT2D eigenvalue weighted by molar-refractivity contribution is 5.59. The third kappa shape index (κ3) is 5.85. The first-order chi connectivity index (χ1) is 15.3. The van der Waals surface area contributed by atoms with Crippen LogP contribution in [0.4, 0.5) is 26.1 Å². The number of ether oxygens (including phenoxy) is 2. The quantitative estimate of drug-likeness (QED) is 0.652. The average Bonchev–Trinajstić information content (AvgIpc) is 2.75. The van der Waals surface area contributed by atoms with Gasteiger partial charge in [0.15, 0.2) is 0 Å². The lowest BCUT2D eigenvalue weighted by Crippen LogP contribution is -2.45. The molecule has 174 valence electrons. The topological polar surface area (TPSA) is 59.5 Å². The van der Waals surface area contributed by atoms with Gasteiger partial charge < -0.3 is 19.7 Å². The lowest BCUT2D eigenvalue weighted by atomic mass is 9.81. The highest BCUT2D eigenvalue weighted by Crippen LogP contribution is 2.35. The van der Waals surface area contributed by atoms with Gasteiger partial charge in [0.2, 0.25) is 11.8 Å². The van der Waals surface area contributed by atoms with Gasteiger partial charge in [0, 0.05) is 24.5 Å². The van der Waals surface area contributed by atoms with Gasteiger partial charge in [-0.05, 0) is 76.6 Å². The van der Waals surface area contributed by atoms with Crippen molar-refractivity contribution in [2.75, 3.05) is 29.9 Å². The van der Waals surface area contributed by atoms with Crippen LogP contribution in [0.1, 0.15) is 46.5 Å². The van der Waals surface area contributed by atoms with Gasteiger partial charge in [0.25, 0.3) is 5.88 Å². The Morgan fingerprint density at radius 1 is 1.16 bits per heavy atom. The van der Waals surface area contributed by atoms with Crippen LogP contribution in [0.2, 0.25) is 0 Å². The van der Waals surface area contributed by atoms with Crippen molar-refractivity contribution in [1.82, 2.24) is 9.97 Å². The molecule has 2 heterocycles. The molecule has 1 saturated carbocycles. The fourth-order valence-corrected chi connectivity index (χ4v) is 4.43. The number of nitrogens with zero attached hydrogens (tertiary/aromatic N) is 3. The summed E-state index contributed by atoms with van der Waals surface area (Å²) in [6.45, 7) is 7.83. The number of alkyl halides is 1. The second-order valence-electron chi connectivity index (χ2n) is 9.35. The molecule has 8 heteroatoms. The Labute approximate surface area is 188 Å². The zero-order valence-corrected chi connectivity index (χ0v) is 19.0. The lowest BCUT2D eigenvalue weighted by molar-refractivity contribution is -0.00521. The molecule has 0 radical (unpaired) electrons. The van der Waals surface area contributed by atoms with Crippen molar-refractivity contribution in [3.05, 3.63) is 36.3 Å². The SMILES string of the molecule is C[C@@H]1CN(c2ccc(Nc3ncc(F)c(OCC4CCC(C)(F)CC4)n3)cc2)C[C@H](C)O1. The monoisotopic (exact) mass is 446 g/mol. The first-order valence-electron chi connectivity index (χ1n) is 11.4. The van der Waals surface area contributed by atoms with Gasteiger partial charge >= 0.3 is 0 Å².